The highest BCUT2D eigenvalue weighted by atomic mass is 32.1. The molecular weight excluding hydrogens is 410 g/mol. The Kier molecular flexibility index (Phi) is 5.09. The van der Waals surface area contributed by atoms with Crippen LogP contribution in [0.3, 0.4) is 0 Å². The predicted octanol–water partition coefficient (Wildman–Crippen LogP) is 3.14. The van der Waals surface area contributed by atoms with E-state index in [-0.39, 0.29) is 17.5 Å². The van der Waals surface area contributed by atoms with Gasteiger partial charge < -0.3 is 15.2 Å². The summed E-state index contributed by atoms with van der Waals surface area (Å²) in [6.07, 6.45) is 1.64. The number of aromatic amines is 1. The van der Waals surface area contributed by atoms with Gasteiger partial charge in [0.05, 0.1) is 11.6 Å². The molecule has 3 aromatic heterocycles. The van der Waals surface area contributed by atoms with Crippen LogP contribution in [0.15, 0.2) is 58.8 Å². The number of amides is 1. The van der Waals surface area contributed by atoms with E-state index < -0.39 is 0 Å². The summed E-state index contributed by atoms with van der Waals surface area (Å²) in [6, 6.07) is 13.7. The lowest BCUT2D eigenvalue weighted by atomic mass is 9.99. The fourth-order valence-electron chi connectivity index (χ4n) is 3.99. The maximum atomic E-state index is 13.4. The van der Waals surface area contributed by atoms with Crippen LogP contribution in [-0.2, 0) is 0 Å². The van der Waals surface area contributed by atoms with Gasteiger partial charge in [0.15, 0.2) is 5.82 Å². The van der Waals surface area contributed by atoms with Gasteiger partial charge in [-0.3, -0.25) is 14.6 Å². The minimum atomic E-state index is -0.257. The number of carbonyl (C=O) groups is 1. The van der Waals surface area contributed by atoms with Crippen LogP contribution in [0, 0.1) is 6.92 Å². The third kappa shape index (κ3) is 3.64. The van der Waals surface area contributed by atoms with E-state index in [1.54, 1.807) is 23.7 Å². The molecule has 1 atom stereocenters. The first kappa shape index (κ1) is 19.6. The number of piperazine rings is 1. The third-order valence-electron chi connectivity index (χ3n) is 5.59. The highest BCUT2D eigenvalue weighted by Crippen LogP contribution is 2.27. The summed E-state index contributed by atoms with van der Waals surface area (Å²) in [5.41, 5.74) is 3.60. The number of benzene rings is 1. The molecule has 156 valence electrons. The van der Waals surface area contributed by atoms with E-state index in [9.17, 15) is 9.59 Å². The summed E-state index contributed by atoms with van der Waals surface area (Å²) in [7, 11) is 0. The highest BCUT2D eigenvalue weighted by molar-refractivity contribution is 7.17. The molecule has 0 saturated carbocycles. The lowest BCUT2D eigenvalue weighted by molar-refractivity contribution is 0.0705. The second-order valence-corrected chi connectivity index (χ2v) is 8.45. The van der Waals surface area contributed by atoms with Crippen molar-refractivity contribution < 1.29 is 4.79 Å². The van der Waals surface area contributed by atoms with Gasteiger partial charge in [-0.05, 0) is 30.2 Å². The number of aromatic nitrogens is 3. The Morgan fingerprint density at radius 3 is 2.84 bits per heavy atom. The molecule has 0 spiro atoms. The molecule has 1 amide bonds. The maximum absolute atomic E-state index is 13.4. The van der Waals surface area contributed by atoms with Crippen molar-refractivity contribution in [1.29, 1.82) is 0 Å². The lowest BCUT2D eigenvalue weighted by Gasteiger charge is -2.34. The van der Waals surface area contributed by atoms with Gasteiger partial charge in [0.1, 0.15) is 15.9 Å². The molecule has 1 aliphatic heterocycles. The number of aryl methyl sites for hydroxylation is 1. The van der Waals surface area contributed by atoms with Crippen LogP contribution in [0.1, 0.15) is 27.5 Å². The molecule has 1 aliphatic rings. The minimum Gasteiger partial charge on any atom is -0.335 e. The van der Waals surface area contributed by atoms with Crippen molar-refractivity contribution in [2.75, 3.05) is 19.6 Å². The van der Waals surface area contributed by atoms with E-state index >= 15 is 0 Å². The first-order valence-electron chi connectivity index (χ1n) is 10.1. The monoisotopic (exact) mass is 431 g/mol. The van der Waals surface area contributed by atoms with E-state index in [0.29, 0.717) is 46.9 Å². The number of hydrogen-bond donors (Lipinski definition) is 2. The van der Waals surface area contributed by atoms with Gasteiger partial charge in [-0.25, -0.2) is 4.98 Å². The standard InChI is InChI=1S/C23H21N5O2S/c1-14-6-2-3-7-15(14)18-12-28(11-10-25-18)23(30)16-13-31-20-19(16)26-21(27-22(20)29)17-8-4-5-9-24-17/h2-9,13,18,25H,10-12H2,1H3,(H,26,27,29). The summed E-state index contributed by atoms with van der Waals surface area (Å²) in [6.45, 7) is 3.96. The minimum absolute atomic E-state index is 0.0734. The molecule has 0 bridgehead atoms. The summed E-state index contributed by atoms with van der Waals surface area (Å²) in [5, 5.41) is 5.25. The number of carbonyl (C=O) groups excluding carboxylic acids is 1. The summed E-state index contributed by atoms with van der Waals surface area (Å²) in [5.74, 6) is 0.264. The Balaban J connectivity index is 1.49. The van der Waals surface area contributed by atoms with Crippen LogP contribution in [0.4, 0.5) is 0 Å². The van der Waals surface area contributed by atoms with Crippen molar-refractivity contribution in [2.45, 2.75) is 13.0 Å². The topological polar surface area (TPSA) is 91.0 Å². The zero-order valence-corrected chi connectivity index (χ0v) is 17.8. The SMILES string of the molecule is Cc1ccccc1C1CN(C(=O)c2csc3c(=O)[nH]c(-c4ccccn4)nc23)CCN1. The zero-order chi connectivity index (χ0) is 21.4. The molecule has 4 heterocycles. The van der Waals surface area contributed by atoms with E-state index in [0.717, 1.165) is 0 Å². The van der Waals surface area contributed by atoms with E-state index in [2.05, 4.69) is 39.3 Å². The van der Waals surface area contributed by atoms with Crippen molar-refractivity contribution in [3.63, 3.8) is 0 Å². The fraction of sp³-hybridized carbons (Fsp3) is 0.217. The Labute approximate surface area is 182 Å². The van der Waals surface area contributed by atoms with Gasteiger partial charge in [-0.2, -0.15) is 0 Å². The Morgan fingerprint density at radius 1 is 1.19 bits per heavy atom. The average molecular weight is 432 g/mol. The summed E-state index contributed by atoms with van der Waals surface area (Å²) in [4.78, 5) is 39.5. The van der Waals surface area contributed by atoms with Gasteiger partial charge in [-0.15, -0.1) is 11.3 Å². The Morgan fingerprint density at radius 2 is 2.03 bits per heavy atom. The number of rotatable bonds is 3. The first-order valence-corrected chi connectivity index (χ1v) is 11.0. The molecule has 31 heavy (non-hydrogen) atoms. The molecule has 0 radical (unpaired) electrons. The normalized spacial score (nSPS) is 16.5. The smallest absolute Gasteiger partial charge is 0.269 e. The second kappa shape index (κ2) is 8.05. The van der Waals surface area contributed by atoms with Gasteiger partial charge in [0, 0.05) is 31.2 Å². The van der Waals surface area contributed by atoms with Crippen LogP contribution >= 0.6 is 11.3 Å². The van der Waals surface area contributed by atoms with Crippen molar-refractivity contribution >= 4 is 27.5 Å². The number of thiophene rings is 1. The molecule has 8 heteroatoms. The second-order valence-electron chi connectivity index (χ2n) is 7.57. The Bertz CT molecular complexity index is 1310. The first-order chi connectivity index (χ1) is 15.1. The largest absolute Gasteiger partial charge is 0.335 e. The quantitative estimate of drug-likeness (QED) is 0.520. The highest BCUT2D eigenvalue weighted by Gasteiger charge is 2.28. The van der Waals surface area contributed by atoms with Gasteiger partial charge in [0.2, 0.25) is 0 Å². The van der Waals surface area contributed by atoms with Crippen molar-refractivity contribution in [3.8, 4) is 11.5 Å². The van der Waals surface area contributed by atoms with E-state index in [1.807, 2.05) is 23.1 Å². The number of nitrogens with one attached hydrogen (secondary N) is 2. The molecule has 1 fully saturated rings. The molecule has 1 unspecified atom stereocenters. The van der Waals surface area contributed by atoms with Crippen molar-refractivity contribution in [2.24, 2.45) is 0 Å². The van der Waals surface area contributed by atoms with Crippen molar-refractivity contribution in [3.05, 3.63) is 81.1 Å². The van der Waals surface area contributed by atoms with Crippen LogP contribution < -0.4 is 10.9 Å². The molecule has 0 aliphatic carbocycles. The number of fused-ring (bicyclic) bond motifs is 1. The molecule has 1 aromatic carbocycles. The number of H-pyrrole nitrogens is 1. The summed E-state index contributed by atoms with van der Waals surface area (Å²) < 4.78 is 0.452. The Hall–Kier alpha value is -3.36. The van der Waals surface area contributed by atoms with Crippen LogP contribution in [0.2, 0.25) is 0 Å². The number of hydrogen-bond acceptors (Lipinski definition) is 6. The van der Waals surface area contributed by atoms with E-state index in [4.69, 9.17) is 0 Å². The maximum Gasteiger partial charge on any atom is 0.269 e. The zero-order valence-electron chi connectivity index (χ0n) is 17.0. The molecule has 7 nitrogen and oxygen atoms in total. The van der Waals surface area contributed by atoms with Crippen LogP contribution in [0.5, 0.6) is 0 Å². The molecular formula is C23H21N5O2S. The van der Waals surface area contributed by atoms with Gasteiger partial charge in [-0.1, -0.05) is 30.3 Å². The number of nitrogens with zero attached hydrogens (tertiary/aromatic N) is 3. The van der Waals surface area contributed by atoms with E-state index in [1.165, 1.54) is 22.5 Å². The van der Waals surface area contributed by atoms with Crippen molar-refractivity contribution in [1.82, 2.24) is 25.2 Å². The van der Waals surface area contributed by atoms with Crippen LogP contribution in [-0.4, -0.2) is 45.4 Å². The molecule has 2 N–H and O–H groups in total. The van der Waals surface area contributed by atoms with Gasteiger partial charge in [0.25, 0.3) is 11.5 Å². The molecule has 1 saturated heterocycles. The average Bonchev–Trinajstić information content (AvgIpc) is 3.24. The predicted molar refractivity (Wildman–Crippen MR) is 121 cm³/mol. The summed E-state index contributed by atoms with van der Waals surface area (Å²) >= 11 is 1.25. The van der Waals surface area contributed by atoms with Gasteiger partial charge >= 0.3 is 0 Å². The third-order valence-corrected chi connectivity index (χ3v) is 6.56. The fourth-order valence-corrected chi connectivity index (χ4v) is 4.87. The lowest BCUT2D eigenvalue weighted by Crippen LogP contribution is -2.48. The molecule has 4 aromatic rings. The number of pyridine rings is 1. The van der Waals surface area contributed by atoms with Crippen LogP contribution in [0.25, 0.3) is 21.7 Å². The molecule has 5 rings (SSSR count).